The van der Waals surface area contributed by atoms with Crippen LogP contribution in [0.2, 0.25) is 0 Å². The van der Waals surface area contributed by atoms with Gasteiger partial charge in [-0.15, -0.1) is 0 Å². The SMILES string of the molecule is CCc1nn(C)c(Sc2cccc(O)c2)c1[N+](=O)[O-]. The Morgan fingerprint density at radius 1 is 1.53 bits per heavy atom. The Labute approximate surface area is 114 Å². The molecule has 2 aromatic rings. The molecular formula is C12H13N3O3S. The molecule has 0 aliphatic rings. The van der Waals surface area contributed by atoms with Crippen molar-refractivity contribution in [1.82, 2.24) is 9.78 Å². The number of hydrogen-bond donors (Lipinski definition) is 1. The first-order valence-corrected chi connectivity index (χ1v) is 6.51. The number of phenolic OH excluding ortho intramolecular Hbond substituents is 1. The van der Waals surface area contributed by atoms with Gasteiger partial charge in [0.1, 0.15) is 11.4 Å². The first kappa shape index (κ1) is 13.4. The molecule has 7 heteroatoms. The van der Waals surface area contributed by atoms with Gasteiger partial charge in [0, 0.05) is 11.9 Å². The molecule has 0 saturated carbocycles. The van der Waals surface area contributed by atoms with Gasteiger partial charge in [-0.25, -0.2) is 0 Å². The first-order valence-electron chi connectivity index (χ1n) is 5.70. The Morgan fingerprint density at radius 2 is 2.26 bits per heavy atom. The Balaban J connectivity index is 2.45. The van der Waals surface area contributed by atoms with E-state index in [0.29, 0.717) is 17.1 Å². The number of aromatic hydroxyl groups is 1. The summed E-state index contributed by atoms with van der Waals surface area (Å²) >= 11 is 1.22. The fourth-order valence-corrected chi connectivity index (χ4v) is 2.76. The maximum atomic E-state index is 11.2. The molecule has 19 heavy (non-hydrogen) atoms. The summed E-state index contributed by atoms with van der Waals surface area (Å²) in [5, 5.41) is 25.2. The lowest BCUT2D eigenvalue weighted by Crippen LogP contribution is -1.94. The smallest absolute Gasteiger partial charge is 0.324 e. The fourth-order valence-electron chi connectivity index (χ4n) is 1.75. The molecule has 100 valence electrons. The van der Waals surface area contributed by atoms with E-state index in [2.05, 4.69) is 5.10 Å². The van der Waals surface area contributed by atoms with Gasteiger partial charge >= 0.3 is 5.69 Å². The maximum absolute atomic E-state index is 11.2. The van der Waals surface area contributed by atoms with Crippen LogP contribution in [-0.4, -0.2) is 19.8 Å². The zero-order valence-corrected chi connectivity index (χ0v) is 11.3. The number of nitro groups is 1. The second-order valence-electron chi connectivity index (χ2n) is 3.93. The molecule has 0 bridgehead atoms. The fraction of sp³-hybridized carbons (Fsp3) is 0.250. The van der Waals surface area contributed by atoms with Crippen LogP contribution in [0.15, 0.2) is 34.2 Å². The van der Waals surface area contributed by atoms with Crippen LogP contribution in [0.4, 0.5) is 5.69 Å². The van der Waals surface area contributed by atoms with Crippen LogP contribution in [0, 0.1) is 10.1 Å². The average Bonchev–Trinajstić information content (AvgIpc) is 2.66. The van der Waals surface area contributed by atoms with Crippen molar-refractivity contribution in [2.24, 2.45) is 7.05 Å². The van der Waals surface area contributed by atoms with Crippen LogP contribution >= 0.6 is 11.8 Å². The third-order valence-electron chi connectivity index (χ3n) is 2.59. The van der Waals surface area contributed by atoms with Crippen LogP contribution < -0.4 is 0 Å². The third-order valence-corrected chi connectivity index (χ3v) is 3.73. The van der Waals surface area contributed by atoms with Crippen molar-refractivity contribution in [3.63, 3.8) is 0 Å². The molecule has 0 aliphatic heterocycles. The summed E-state index contributed by atoms with van der Waals surface area (Å²) in [6, 6.07) is 6.60. The average molecular weight is 279 g/mol. The summed E-state index contributed by atoms with van der Waals surface area (Å²) in [6.07, 6.45) is 0.505. The largest absolute Gasteiger partial charge is 0.508 e. The topological polar surface area (TPSA) is 81.2 Å². The maximum Gasteiger partial charge on any atom is 0.324 e. The lowest BCUT2D eigenvalue weighted by molar-refractivity contribution is -0.388. The lowest BCUT2D eigenvalue weighted by Gasteiger charge is -2.02. The van der Waals surface area contributed by atoms with Gasteiger partial charge in [0.2, 0.25) is 0 Å². The summed E-state index contributed by atoms with van der Waals surface area (Å²) in [4.78, 5) is 11.5. The molecule has 1 aromatic carbocycles. The predicted molar refractivity (Wildman–Crippen MR) is 71.5 cm³/mol. The minimum atomic E-state index is -0.406. The number of benzene rings is 1. The minimum Gasteiger partial charge on any atom is -0.508 e. The van der Waals surface area contributed by atoms with Gasteiger partial charge in [0.25, 0.3) is 0 Å². The Bertz CT molecular complexity index is 625. The van der Waals surface area contributed by atoms with E-state index in [1.54, 1.807) is 31.3 Å². The summed E-state index contributed by atoms with van der Waals surface area (Å²) in [7, 11) is 1.68. The summed E-state index contributed by atoms with van der Waals surface area (Å²) in [5.41, 5.74) is 0.508. The highest BCUT2D eigenvalue weighted by Gasteiger charge is 2.26. The van der Waals surface area contributed by atoms with Crippen LogP contribution in [0.5, 0.6) is 5.75 Å². The standard InChI is InChI=1S/C12H13N3O3S/c1-3-10-11(15(17)18)12(14(2)13-10)19-9-6-4-5-8(16)7-9/h4-7,16H,3H2,1-2H3. The highest BCUT2D eigenvalue weighted by atomic mass is 32.2. The van der Waals surface area contributed by atoms with Crippen molar-refractivity contribution in [1.29, 1.82) is 0 Å². The summed E-state index contributed by atoms with van der Waals surface area (Å²) < 4.78 is 1.51. The number of aryl methyl sites for hydroxylation is 2. The predicted octanol–water partition coefficient (Wildman–Crippen LogP) is 2.75. The van der Waals surface area contributed by atoms with E-state index in [9.17, 15) is 15.2 Å². The van der Waals surface area contributed by atoms with Crippen molar-refractivity contribution in [2.45, 2.75) is 23.3 Å². The monoisotopic (exact) mass is 279 g/mol. The molecule has 0 fully saturated rings. The molecule has 0 amide bonds. The highest BCUT2D eigenvalue weighted by Crippen LogP contribution is 2.37. The van der Waals surface area contributed by atoms with E-state index >= 15 is 0 Å². The first-order chi connectivity index (χ1) is 9.02. The second-order valence-corrected chi connectivity index (χ2v) is 5.00. The molecule has 1 N–H and O–H groups in total. The van der Waals surface area contributed by atoms with E-state index in [1.807, 2.05) is 6.92 Å². The Morgan fingerprint density at radius 3 is 2.84 bits per heavy atom. The quantitative estimate of drug-likeness (QED) is 0.687. The van der Waals surface area contributed by atoms with Gasteiger partial charge in [-0.2, -0.15) is 5.10 Å². The number of nitrogens with zero attached hydrogens (tertiary/aromatic N) is 3. The lowest BCUT2D eigenvalue weighted by atomic mass is 10.3. The van der Waals surface area contributed by atoms with E-state index in [-0.39, 0.29) is 11.4 Å². The summed E-state index contributed by atoms with van der Waals surface area (Å²) in [5.74, 6) is 0.130. The minimum absolute atomic E-state index is 0.0401. The molecule has 0 radical (unpaired) electrons. The molecule has 1 heterocycles. The van der Waals surface area contributed by atoms with Crippen molar-refractivity contribution >= 4 is 17.4 Å². The molecule has 6 nitrogen and oxygen atoms in total. The van der Waals surface area contributed by atoms with Gasteiger partial charge in [0.05, 0.1) is 4.92 Å². The zero-order valence-electron chi connectivity index (χ0n) is 10.5. The molecule has 0 atom stereocenters. The van der Waals surface area contributed by atoms with E-state index in [4.69, 9.17) is 0 Å². The van der Waals surface area contributed by atoms with Crippen molar-refractivity contribution < 1.29 is 10.0 Å². The van der Waals surface area contributed by atoms with Gasteiger partial charge in [-0.05, 0) is 24.6 Å². The number of aromatic nitrogens is 2. The third kappa shape index (κ3) is 2.70. The van der Waals surface area contributed by atoms with Gasteiger partial charge in [0.15, 0.2) is 5.03 Å². The zero-order chi connectivity index (χ0) is 14.0. The number of rotatable bonds is 4. The van der Waals surface area contributed by atoms with Gasteiger partial charge in [-0.1, -0.05) is 24.8 Å². The molecular weight excluding hydrogens is 266 g/mol. The molecule has 0 unspecified atom stereocenters. The van der Waals surface area contributed by atoms with Crippen LogP contribution in [0.1, 0.15) is 12.6 Å². The van der Waals surface area contributed by atoms with Crippen LogP contribution in [0.25, 0.3) is 0 Å². The van der Waals surface area contributed by atoms with Crippen molar-refractivity contribution in [3.8, 4) is 5.75 Å². The number of hydrogen-bond acceptors (Lipinski definition) is 5. The van der Waals surface area contributed by atoms with E-state index < -0.39 is 4.92 Å². The Kier molecular flexibility index (Phi) is 3.75. The normalized spacial score (nSPS) is 10.6. The number of phenols is 1. The van der Waals surface area contributed by atoms with E-state index in [1.165, 1.54) is 16.4 Å². The molecule has 0 spiro atoms. The molecule has 2 rings (SSSR count). The highest BCUT2D eigenvalue weighted by molar-refractivity contribution is 7.99. The molecule has 0 aliphatic carbocycles. The van der Waals surface area contributed by atoms with Crippen LogP contribution in [-0.2, 0) is 13.5 Å². The second kappa shape index (κ2) is 5.31. The van der Waals surface area contributed by atoms with E-state index in [0.717, 1.165) is 4.90 Å². The molecule has 0 saturated heterocycles. The van der Waals surface area contributed by atoms with Gasteiger partial charge < -0.3 is 5.11 Å². The Hall–Kier alpha value is -2.02. The van der Waals surface area contributed by atoms with Crippen molar-refractivity contribution in [3.05, 3.63) is 40.1 Å². The van der Waals surface area contributed by atoms with Gasteiger partial charge in [-0.3, -0.25) is 14.8 Å². The van der Waals surface area contributed by atoms with Crippen molar-refractivity contribution in [2.75, 3.05) is 0 Å². The molecule has 1 aromatic heterocycles. The van der Waals surface area contributed by atoms with Crippen LogP contribution in [0.3, 0.4) is 0 Å². The summed E-state index contributed by atoms with van der Waals surface area (Å²) in [6.45, 7) is 1.83.